The fourth-order valence-corrected chi connectivity index (χ4v) is 2.47. The predicted molar refractivity (Wildman–Crippen MR) is 119 cm³/mol. The summed E-state index contributed by atoms with van der Waals surface area (Å²) in [5.74, 6) is -0.726. The average Bonchev–Trinajstić information content (AvgIpc) is 2.72. The quantitative estimate of drug-likeness (QED) is 0.200. The number of carbonyl (C=O) groups excluding carboxylic acids is 1. The first-order valence-corrected chi connectivity index (χ1v) is 9.46. The molecule has 0 radical (unpaired) electrons. The molecule has 0 atom stereocenters. The number of rotatable bonds is 4. The summed E-state index contributed by atoms with van der Waals surface area (Å²) >= 11 is 17.6. The van der Waals surface area contributed by atoms with Crippen LogP contribution in [0.15, 0.2) is 88.1 Å². The van der Waals surface area contributed by atoms with Crippen LogP contribution in [0.3, 0.4) is 0 Å². The Hall–Kier alpha value is -2.93. The first-order valence-electron chi connectivity index (χ1n) is 8.33. The van der Waals surface area contributed by atoms with E-state index in [1.165, 1.54) is 0 Å². The summed E-state index contributed by atoms with van der Waals surface area (Å²) in [7, 11) is 0. The van der Waals surface area contributed by atoms with Gasteiger partial charge in [-0.25, -0.2) is 0 Å². The number of nitrogens with one attached hydrogen (secondary N) is 2. The van der Waals surface area contributed by atoms with Gasteiger partial charge in [-0.3, -0.25) is 10.2 Å². The van der Waals surface area contributed by atoms with E-state index in [1.54, 1.807) is 72.8 Å². The van der Waals surface area contributed by atoms with Gasteiger partial charge in [0.15, 0.2) is 0 Å². The molecule has 2 N–H and O–H groups in total. The summed E-state index contributed by atoms with van der Waals surface area (Å²) in [6, 6.07) is 20.2. The molecule has 0 aromatic heterocycles. The van der Waals surface area contributed by atoms with Crippen molar-refractivity contribution >= 4 is 63.6 Å². The highest BCUT2D eigenvalue weighted by Gasteiger charge is 2.12. The minimum absolute atomic E-state index is 0.176. The van der Waals surface area contributed by atoms with E-state index in [-0.39, 0.29) is 5.84 Å². The highest BCUT2D eigenvalue weighted by molar-refractivity contribution is 6.42. The summed E-state index contributed by atoms with van der Waals surface area (Å²) in [5.41, 5.74) is 4.46. The van der Waals surface area contributed by atoms with Crippen LogP contribution in [0.5, 0.6) is 0 Å². The Morgan fingerprint density at radius 1 is 0.690 bits per heavy atom. The Balaban J connectivity index is 1.81. The molecule has 0 heterocycles. The molecule has 0 unspecified atom stereocenters. The number of nitrogens with zero attached hydrogens (tertiary/aromatic N) is 3. The molecule has 1 amide bonds. The van der Waals surface area contributed by atoms with Crippen molar-refractivity contribution in [3.63, 3.8) is 0 Å². The van der Waals surface area contributed by atoms with Gasteiger partial charge in [0.1, 0.15) is 0 Å². The van der Waals surface area contributed by atoms with Crippen LogP contribution in [0, 0.1) is 0 Å². The fourth-order valence-electron chi connectivity index (χ4n) is 2.09. The fraction of sp³-hybridized carbons (Fsp3) is 0. The van der Waals surface area contributed by atoms with Crippen molar-refractivity contribution in [1.82, 2.24) is 0 Å². The summed E-state index contributed by atoms with van der Waals surface area (Å²) in [6.07, 6.45) is 0. The SMILES string of the molecule is O=C(Nc1ccc(Cl)cc1)/C(N=Nc1ccc(Cl)cc1)=N\Nc1ccc(Cl)cc1. The lowest BCUT2D eigenvalue weighted by molar-refractivity contribution is -0.110. The highest BCUT2D eigenvalue weighted by Crippen LogP contribution is 2.18. The molecule has 3 aromatic rings. The van der Waals surface area contributed by atoms with E-state index in [1.807, 2.05) is 0 Å². The number of hydrazone groups is 1. The van der Waals surface area contributed by atoms with Crippen molar-refractivity contribution in [2.24, 2.45) is 15.3 Å². The summed E-state index contributed by atoms with van der Waals surface area (Å²) < 4.78 is 0. The molecule has 3 aromatic carbocycles. The molecular weight excluding hydrogens is 433 g/mol. The van der Waals surface area contributed by atoms with Crippen LogP contribution < -0.4 is 10.7 Å². The molecule has 29 heavy (non-hydrogen) atoms. The van der Waals surface area contributed by atoms with Crippen LogP contribution in [0.4, 0.5) is 17.1 Å². The summed E-state index contributed by atoms with van der Waals surface area (Å²) in [4.78, 5) is 12.6. The number of halogens is 3. The Labute approximate surface area is 182 Å². The number of amides is 1. The van der Waals surface area contributed by atoms with E-state index >= 15 is 0 Å². The first kappa shape index (κ1) is 20.8. The van der Waals surface area contributed by atoms with Crippen LogP contribution in [0.1, 0.15) is 0 Å². The van der Waals surface area contributed by atoms with E-state index in [0.717, 1.165) is 0 Å². The zero-order valence-corrected chi connectivity index (χ0v) is 17.1. The largest absolute Gasteiger partial charge is 0.319 e. The number of azo groups is 1. The van der Waals surface area contributed by atoms with Crippen LogP contribution >= 0.6 is 34.8 Å². The minimum Gasteiger partial charge on any atom is -0.319 e. The topological polar surface area (TPSA) is 78.2 Å². The molecule has 0 bridgehead atoms. The maximum absolute atomic E-state index is 12.6. The van der Waals surface area contributed by atoms with Crippen LogP contribution in [0.2, 0.25) is 15.1 Å². The molecule has 0 aliphatic carbocycles. The molecular formula is C20H14Cl3N5O. The number of hydrogen-bond acceptors (Lipinski definition) is 4. The van der Waals surface area contributed by atoms with Gasteiger partial charge in [0.2, 0.25) is 0 Å². The number of benzene rings is 3. The van der Waals surface area contributed by atoms with Gasteiger partial charge < -0.3 is 5.32 Å². The maximum Gasteiger partial charge on any atom is 0.297 e. The average molecular weight is 447 g/mol. The summed E-state index contributed by atoms with van der Waals surface area (Å²) in [6.45, 7) is 0. The van der Waals surface area contributed by atoms with Crippen molar-refractivity contribution in [2.45, 2.75) is 0 Å². The van der Waals surface area contributed by atoms with Gasteiger partial charge in [0, 0.05) is 20.8 Å². The minimum atomic E-state index is -0.550. The van der Waals surface area contributed by atoms with Crippen molar-refractivity contribution in [3.05, 3.63) is 87.9 Å². The molecule has 6 nitrogen and oxygen atoms in total. The molecule has 0 saturated carbocycles. The second kappa shape index (κ2) is 10.0. The predicted octanol–water partition coefficient (Wildman–Crippen LogP) is 6.79. The lowest BCUT2D eigenvalue weighted by Crippen LogP contribution is -2.22. The van der Waals surface area contributed by atoms with E-state index in [2.05, 4.69) is 26.1 Å². The number of hydrogen-bond donors (Lipinski definition) is 2. The van der Waals surface area contributed by atoms with Crippen molar-refractivity contribution in [2.75, 3.05) is 10.7 Å². The highest BCUT2D eigenvalue weighted by atomic mass is 35.5. The monoisotopic (exact) mass is 445 g/mol. The zero-order valence-electron chi connectivity index (χ0n) is 14.8. The first-order chi connectivity index (χ1) is 14.0. The molecule has 146 valence electrons. The van der Waals surface area contributed by atoms with Crippen molar-refractivity contribution < 1.29 is 4.79 Å². The zero-order chi connectivity index (χ0) is 20.6. The summed E-state index contributed by atoms with van der Waals surface area (Å²) in [5, 5.41) is 16.5. The van der Waals surface area contributed by atoms with E-state index in [9.17, 15) is 4.79 Å². The lowest BCUT2D eigenvalue weighted by Gasteiger charge is -2.06. The van der Waals surface area contributed by atoms with Gasteiger partial charge in [0.05, 0.1) is 11.4 Å². The van der Waals surface area contributed by atoms with E-state index in [4.69, 9.17) is 34.8 Å². The molecule has 0 spiro atoms. The standard InChI is InChI=1S/C20H14Cl3N5O/c21-13-1-7-16(8-2-13)24-20(29)19(27-25-17-9-3-14(22)4-10-17)28-26-18-11-5-15(23)6-12-18/h1-12,25H,(H,24,29)/b27-19+,28-26?. The Kier molecular flexibility index (Phi) is 7.19. The second-order valence-corrected chi connectivity index (χ2v) is 7.00. The van der Waals surface area contributed by atoms with Gasteiger partial charge in [-0.1, -0.05) is 34.8 Å². The van der Waals surface area contributed by atoms with Crippen LogP contribution in [0.25, 0.3) is 0 Å². The third-order valence-electron chi connectivity index (χ3n) is 3.53. The smallest absolute Gasteiger partial charge is 0.297 e. The van der Waals surface area contributed by atoms with Gasteiger partial charge in [-0.05, 0) is 72.8 Å². The molecule has 9 heteroatoms. The maximum atomic E-state index is 12.6. The molecule has 0 fully saturated rings. The van der Waals surface area contributed by atoms with Crippen LogP contribution in [-0.2, 0) is 4.79 Å². The lowest BCUT2D eigenvalue weighted by atomic mass is 10.3. The number of carbonyl (C=O) groups is 1. The van der Waals surface area contributed by atoms with Gasteiger partial charge in [-0.2, -0.15) is 0 Å². The van der Waals surface area contributed by atoms with Gasteiger partial charge in [-0.15, -0.1) is 15.3 Å². The van der Waals surface area contributed by atoms with Crippen LogP contribution in [-0.4, -0.2) is 11.7 Å². The molecule has 0 aliphatic heterocycles. The normalized spacial score (nSPS) is 11.5. The second-order valence-electron chi connectivity index (χ2n) is 5.69. The number of anilines is 2. The van der Waals surface area contributed by atoms with Crippen molar-refractivity contribution in [3.8, 4) is 0 Å². The van der Waals surface area contributed by atoms with Gasteiger partial charge >= 0.3 is 0 Å². The van der Waals surface area contributed by atoms with E-state index in [0.29, 0.717) is 32.1 Å². The number of amidine groups is 1. The third-order valence-corrected chi connectivity index (χ3v) is 4.28. The Bertz CT molecular complexity index is 1030. The molecule has 3 rings (SSSR count). The molecule has 0 aliphatic rings. The van der Waals surface area contributed by atoms with Gasteiger partial charge in [0.25, 0.3) is 11.7 Å². The van der Waals surface area contributed by atoms with E-state index < -0.39 is 5.91 Å². The Morgan fingerprint density at radius 3 is 1.72 bits per heavy atom. The molecule has 0 saturated heterocycles. The van der Waals surface area contributed by atoms with Crippen molar-refractivity contribution in [1.29, 1.82) is 0 Å². The third kappa shape index (κ3) is 6.57. The Morgan fingerprint density at radius 2 is 1.17 bits per heavy atom.